The average molecular weight is 394 g/mol. The Labute approximate surface area is 170 Å². The molecular formula is C22H26N4O3. The highest BCUT2D eigenvalue weighted by atomic mass is 16.5. The first-order valence-corrected chi connectivity index (χ1v) is 9.84. The zero-order valence-corrected chi connectivity index (χ0v) is 16.8. The molecule has 2 aromatic rings. The van der Waals surface area contributed by atoms with Gasteiger partial charge < -0.3 is 20.3 Å². The Morgan fingerprint density at radius 3 is 2.52 bits per heavy atom. The van der Waals surface area contributed by atoms with Crippen molar-refractivity contribution in [3.05, 3.63) is 54.1 Å². The largest absolute Gasteiger partial charge is 0.467 e. The van der Waals surface area contributed by atoms with Crippen molar-refractivity contribution < 1.29 is 14.3 Å². The molecule has 2 N–H and O–H groups in total. The Bertz CT molecular complexity index is 903. The number of nitrogens with zero attached hydrogens (tertiary/aromatic N) is 2. The van der Waals surface area contributed by atoms with E-state index in [2.05, 4.69) is 15.5 Å². The molecule has 7 heteroatoms. The van der Waals surface area contributed by atoms with Gasteiger partial charge in [0.15, 0.2) is 5.72 Å². The summed E-state index contributed by atoms with van der Waals surface area (Å²) in [6.45, 7) is 1.67. The number of anilines is 2. The van der Waals surface area contributed by atoms with Crippen LogP contribution in [0.15, 0.2) is 48.5 Å². The maximum absolute atomic E-state index is 12.4. The van der Waals surface area contributed by atoms with Crippen molar-refractivity contribution in [1.29, 1.82) is 0 Å². The number of hydrogen-bond donors (Lipinski definition) is 2. The SMILES string of the molecule is CN(C)c1ccc(NC(=O)CN2CCC3(CC2)NC(=O)c2ccccc2O3)cc1. The molecule has 0 aromatic heterocycles. The molecule has 2 aromatic carbocycles. The molecule has 29 heavy (non-hydrogen) atoms. The lowest BCUT2D eigenvalue weighted by Gasteiger charge is -2.44. The second kappa shape index (κ2) is 7.75. The van der Waals surface area contributed by atoms with Crippen molar-refractivity contribution in [3.8, 4) is 5.75 Å². The van der Waals surface area contributed by atoms with Crippen molar-refractivity contribution in [3.63, 3.8) is 0 Å². The summed E-state index contributed by atoms with van der Waals surface area (Å²) in [5.41, 5.74) is 1.76. The summed E-state index contributed by atoms with van der Waals surface area (Å²) in [5, 5.41) is 5.97. The summed E-state index contributed by atoms with van der Waals surface area (Å²) in [6.07, 6.45) is 1.27. The minimum absolute atomic E-state index is 0.0440. The molecule has 1 fully saturated rings. The van der Waals surface area contributed by atoms with E-state index in [1.807, 2.05) is 61.5 Å². The summed E-state index contributed by atoms with van der Waals surface area (Å²) in [5.74, 6) is 0.486. The fourth-order valence-electron chi connectivity index (χ4n) is 3.80. The Balaban J connectivity index is 1.31. The molecule has 0 unspecified atom stereocenters. The van der Waals surface area contributed by atoms with Crippen molar-refractivity contribution in [1.82, 2.24) is 10.2 Å². The maximum Gasteiger partial charge on any atom is 0.258 e. The fraction of sp³-hybridized carbons (Fsp3) is 0.364. The van der Waals surface area contributed by atoms with E-state index >= 15 is 0 Å². The zero-order chi connectivity index (χ0) is 20.4. The van der Waals surface area contributed by atoms with Gasteiger partial charge in [0.2, 0.25) is 5.91 Å². The van der Waals surface area contributed by atoms with Crippen molar-refractivity contribution in [2.24, 2.45) is 0 Å². The molecule has 152 valence electrons. The Kier molecular flexibility index (Phi) is 5.15. The van der Waals surface area contributed by atoms with Gasteiger partial charge in [0.1, 0.15) is 5.75 Å². The van der Waals surface area contributed by atoms with Gasteiger partial charge in [0, 0.05) is 51.4 Å². The third kappa shape index (κ3) is 4.19. The number of hydrogen-bond acceptors (Lipinski definition) is 5. The topological polar surface area (TPSA) is 73.9 Å². The standard InChI is InChI=1S/C22H26N4O3/c1-25(2)17-9-7-16(8-10-17)23-20(27)15-26-13-11-22(12-14-26)24-21(28)18-5-3-4-6-19(18)29-22/h3-10H,11-15H2,1-2H3,(H,23,27)(H,24,28). The van der Waals surface area contributed by atoms with Crippen LogP contribution in [0.1, 0.15) is 23.2 Å². The molecule has 1 spiro atoms. The molecule has 2 aliphatic rings. The smallest absolute Gasteiger partial charge is 0.258 e. The number of amides is 2. The minimum Gasteiger partial charge on any atom is -0.467 e. The lowest BCUT2D eigenvalue weighted by atomic mass is 9.97. The molecule has 2 amide bonds. The van der Waals surface area contributed by atoms with Crippen molar-refractivity contribution in [2.75, 3.05) is 43.9 Å². The number of benzene rings is 2. The van der Waals surface area contributed by atoms with Crippen LogP contribution in [0.5, 0.6) is 5.75 Å². The van der Waals surface area contributed by atoms with Gasteiger partial charge in [-0.3, -0.25) is 14.5 Å². The van der Waals surface area contributed by atoms with E-state index in [-0.39, 0.29) is 11.8 Å². The third-order valence-corrected chi connectivity index (χ3v) is 5.48. The number of fused-ring (bicyclic) bond motifs is 1. The van der Waals surface area contributed by atoms with Crippen LogP contribution in [0, 0.1) is 0 Å². The molecule has 1 saturated heterocycles. The summed E-state index contributed by atoms with van der Waals surface area (Å²) in [6, 6.07) is 15.1. The molecule has 0 radical (unpaired) electrons. The van der Waals surface area contributed by atoms with Gasteiger partial charge in [-0.25, -0.2) is 0 Å². The number of likely N-dealkylation sites (tertiary alicyclic amines) is 1. The summed E-state index contributed by atoms with van der Waals surface area (Å²) in [4.78, 5) is 28.9. The van der Waals surface area contributed by atoms with Gasteiger partial charge in [0.25, 0.3) is 5.91 Å². The fourth-order valence-corrected chi connectivity index (χ4v) is 3.80. The predicted octanol–water partition coefficient (Wildman–Crippen LogP) is 2.31. The second-order valence-corrected chi connectivity index (χ2v) is 7.81. The molecule has 4 rings (SSSR count). The lowest BCUT2D eigenvalue weighted by Crippen LogP contribution is -2.61. The van der Waals surface area contributed by atoms with Gasteiger partial charge in [0.05, 0.1) is 12.1 Å². The summed E-state index contributed by atoms with van der Waals surface area (Å²) in [7, 11) is 3.96. The average Bonchev–Trinajstić information content (AvgIpc) is 2.70. The van der Waals surface area contributed by atoms with Gasteiger partial charge in [-0.15, -0.1) is 0 Å². The molecule has 0 aliphatic carbocycles. The first-order chi connectivity index (χ1) is 13.9. The van der Waals surface area contributed by atoms with E-state index in [9.17, 15) is 9.59 Å². The van der Waals surface area contributed by atoms with E-state index in [4.69, 9.17) is 4.74 Å². The number of piperidine rings is 1. The van der Waals surface area contributed by atoms with Crippen molar-refractivity contribution >= 4 is 23.2 Å². The molecule has 2 heterocycles. The zero-order valence-electron chi connectivity index (χ0n) is 16.8. The van der Waals surface area contributed by atoms with E-state index in [1.54, 1.807) is 6.07 Å². The van der Waals surface area contributed by atoms with Crippen LogP contribution in [0.4, 0.5) is 11.4 Å². The highest BCUT2D eigenvalue weighted by molar-refractivity contribution is 5.98. The minimum atomic E-state index is -0.680. The van der Waals surface area contributed by atoms with Crippen LogP contribution in [0.3, 0.4) is 0 Å². The monoisotopic (exact) mass is 394 g/mol. The third-order valence-electron chi connectivity index (χ3n) is 5.48. The van der Waals surface area contributed by atoms with Gasteiger partial charge in [-0.1, -0.05) is 12.1 Å². The summed E-state index contributed by atoms with van der Waals surface area (Å²) < 4.78 is 6.15. The maximum atomic E-state index is 12.4. The first-order valence-electron chi connectivity index (χ1n) is 9.84. The Hall–Kier alpha value is -3.06. The second-order valence-electron chi connectivity index (χ2n) is 7.81. The molecule has 0 bridgehead atoms. The van der Waals surface area contributed by atoms with E-state index in [1.165, 1.54) is 0 Å². The number of nitrogens with one attached hydrogen (secondary N) is 2. The highest BCUT2D eigenvalue weighted by Gasteiger charge is 2.42. The van der Waals surface area contributed by atoms with Gasteiger partial charge in [-0.2, -0.15) is 0 Å². The normalized spacial score (nSPS) is 17.8. The number of carbonyl (C=O) groups is 2. The lowest BCUT2D eigenvalue weighted by molar-refractivity contribution is -0.118. The van der Waals surface area contributed by atoms with Crippen LogP contribution in [-0.2, 0) is 4.79 Å². The van der Waals surface area contributed by atoms with E-state index in [0.29, 0.717) is 43.8 Å². The molecule has 0 atom stereocenters. The molecule has 2 aliphatic heterocycles. The number of carbonyl (C=O) groups excluding carboxylic acids is 2. The predicted molar refractivity (Wildman–Crippen MR) is 112 cm³/mol. The number of para-hydroxylation sites is 1. The highest BCUT2D eigenvalue weighted by Crippen LogP contribution is 2.33. The van der Waals surface area contributed by atoms with Crippen LogP contribution in [0.2, 0.25) is 0 Å². The number of rotatable bonds is 4. The Morgan fingerprint density at radius 1 is 1.14 bits per heavy atom. The van der Waals surface area contributed by atoms with Gasteiger partial charge >= 0.3 is 0 Å². The van der Waals surface area contributed by atoms with Crippen molar-refractivity contribution in [2.45, 2.75) is 18.6 Å². The molecular weight excluding hydrogens is 368 g/mol. The first kappa shape index (κ1) is 19.3. The summed E-state index contributed by atoms with van der Waals surface area (Å²) >= 11 is 0. The van der Waals surface area contributed by atoms with E-state index < -0.39 is 5.72 Å². The molecule has 0 saturated carbocycles. The number of ether oxygens (including phenoxy) is 1. The van der Waals surface area contributed by atoms with Crippen LogP contribution in [0.25, 0.3) is 0 Å². The molecule has 7 nitrogen and oxygen atoms in total. The quantitative estimate of drug-likeness (QED) is 0.833. The van der Waals surface area contributed by atoms with Gasteiger partial charge in [-0.05, 0) is 36.4 Å². The van der Waals surface area contributed by atoms with Crippen LogP contribution in [-0.4, -0.2) is 56.2 Å². The Morgan fingerprint density at radius 2 is 1.83 bits per heavy atom. The van der Waals surface area contributed by atoms with E-state index in [0.717, 1.165) is 11.4 Å². The van der Waals surface area contributed by atoms with Crippen LogP contribution >= 0.6 is 0 Å². The van der Waals surface area contributed by atoms with Crippen LogP contribution < -0.4 is 20.3 Å².